The number of hydrogen-bond acceptors (Lipinski definition) is 3. The summed E-state index contributed by atoms with van der Waals surface area (Å²) in [7, 11) is 0. The molecule has 0 atom stereocenters. The van der Waals surface area contributed by atoms with E-state index in [9.17, 15) is 4.79 Å². The van der Waals surface area contributed by atoms with Gasteiger partial charge in [-0.1, -0.05) is 25.1 Å². The Hall–Kier alpha value is -1.84. The Kier molecular flexibility index (Phi) is 5.20. The summed E-state index contributed by atoms with van der Waals surface area (Å²) in [5.41, 5.74) is 5.51. The number of anilines is 1. The molecule has 1 amide bonds. The van der Waals surface area contributed by atoms with Gasteiger partial charge in [-0.2, -0.15) is 5.10 Å². The number of para-hydroxylation sites is 1. The van der Waals surface area contributed by atoms with Crippen molar-refractivity contribution in [1.29, 1.82) is 0 Å². The number of hydrogen-bond donors (Lipinski definition) is 2. The van der Waals surface area contributed by atoms with E-state index in [2.05, 4.69) is 15.8 Å². The zero-order valence-electron chi connectivity index (χ0n) is 10.6. The van der Waals surface area contributed by atoms with Gasteiger partial charge < -0.3 is 5.32 Å². The van der Waals surface area contributed by atoms with Crippen LogP contribution in [-0.4, -0.2) is 18.2 Å². The lowest BCUT2D eigenvalue weighted by Gasteiger charge is -2.08. The number of benzene rings is 1. The Morgan fingerprint density at radius 1 is 1.35 bits per heavy atom. The van der Waals surface area contributed by atoms with Gasteiger partial charge in [0, 0.05) is 11.4 Å². The zero-order chi connectivity index (χ0) is 12.7. The number of carbonyl (C=O) groups excluding carboxylic acids is 1. The fourth-order valence-corrected chi connectivity index (χ4v) is 1.22. The van der Waals surface area contributed by atoms with Crippen molar-refractivity contribution in [3.63, 3.8) is 0 Å². The van der Waals surface area contributed by atoms with Gasteiger partial charge in [-0.3, -0.25) is 4.79 Å². The largest absolute Gasteiger partial charge is 0.376 e. The molecule has 0 fully saturated rings. The van der Waals surface area contributed by atoms with E-state index in [1.54, 1.807) is 0 Å². The van der Waals surface area contributed by atoms with Crippen LogP contribution in [-0.2, 0) is 4.79 Å². The molecule has 0 aliphatic rings. The molecular formula is C13H19N3O. The average molecular weight is 233 g/mol. The second kappa shape index (κ2) is 6.68. The minimum absolute atomic E-state index is 0.138. The van der Waals surface area contributed by atoms with Crippen molar-refractivity contribution in [2.24, 2.45) is 5.10 Å². The third-order valence-corrected chi connectivity index (χ3v) is 2.47. The third-order valence-electron chi connectivity index (χ3n) is 2.47. The van der Waals surface area contributed by atoms with E-state index in [1.165, 1.54) is 0 Å². The minimum atomic E-state index is -0.138. The van der Waals surface area contributed by atoms with Crippen LogP contribution in [0.25, 0.3) is 0 Å². The fourth-order valence-electron chi connectivity index (χ4n) is 1.22. The SMILES string of the molecule is CC/C(C)=N\NC(=O)CNc1ccccc1C. The van der Waals surface area contributed by atoms with Gasteiger partial charge in [0.1, 0.15) is 0 Å². The number of nitrogens with one attached hydrogen (secondary N) is 2. The van der Waals surface area contributed by atoms with Crippen molar-refractivity contribution in [2.75, 3.05) is 11.9 Å². The van der Waals surface area contributed by atoms with Gasteiger partial charge in [0.05, 0.1) is 6.54 Å². The van der Waals surface area contributed by atoms with Crippen LogP contribution in [0.4, 0.5) is 5.69 Å². The van der Waals surface area contributed by atoms with Gasteiger partial charge in [0.25, 0.3) is 5.91 Å². The molecule has 17 heavy (non-hydrogen) atoms. The summed E-state index contributed by atoms with van der Waals surface area (Å²) < 4.78 is 0. The lowest BCUT2D eigenvalue weighted by Crippen LogP contribution is -2.26. The molecule has 1 rings (SSSR count). The van der Waals surface area contributed by atoms with Gasteiger partial charge >= 0.3 is 0 Å². The van der Waals surface area contributed by atoms with Crippen molar-refractivity contribution in [3.05, 3.63) is 29.8 Å². The number of rotatable bonds is 5. The number of nitrogens with zero attached hydrogens (tertiary/aromatic N) is 1. The Bertz CT molecular complexity index is 413. The highest BCUT2D eigenvalue weighted by Crippen LogP contribution is 2.12. The zero-order valence-corrected chi connectivity index (χ0v) is 10.6. The molecule has 1 aromatic carbocycles. The maximum absolute atomic E-state index is 11.5. The molecular weight excluding hydrogens is 214 g/mol. The Balaban J connectivity index is 2.41. The van der Waals surface area contributed by atoms with Crippen LogP contribution in [0, 0.1) is 6.92 Å². The lowest BCUT2D eigenvalue weighted by atomic mass is 10.2. The van der Waals surface area contributed by atoms with E-state index in [0.717, 1.165) is 23.4 Å². The number of aryl methyl sites for hydroxylation is 1. The molecule has 0 aliphatic carbocycles. The number of amides is 1. The highest BCUT2D eigenvalue weighted by molar-refractivity contribution is 5.85. The fraction of sp³-hybridized carbons (Fsp3) is 0.385. The second-order valence-corrected chi connectivity index (χ2v) is 3.90. The van der Waals surface area contributed by atoms with E-state index in [1.807, 2.05) is 45.0 Å². The highest BCUT2D eigenvalue weighted by Gasteiger charge is 2.01. The average Bonchev–Trinajstić information content (AvgIpc) is 2.35. The van der Waals surface area contributed by atoms with E-state index < -0.39 is 0 Å². The molecule has 0 unspecified atom stereocenters. The van der Waals surface area contributed by atoms with E-state index in [0.29, 0.717) is 0 Å². The quantitative estimate of drug-likeness (QED) is 0.605. The molecule has 4 heteroatoms. The molecule has 0 spiro atoms. The van der Waals surface area contributed by atoms with Crippen LogP contribution >= 0.6 is 0 Å². The first-order valence-corrected chi connectivity index (χ1v) is 5.75. The van der Waals surface area contributed by atoms with E-state index >= 15 is 0 Å². The molecule has 1 aromatic rings. The van der Waals surface area contributed by atoms with Gasteiger partial charge in [-0.15, -0.1) is 0 Å². The summed E-state index contributed by atoms with van der Waals surface area (Å²) in [5, 5.41) is 7.03. The summed E-state index contributed by atoms with van der Waals surface area (Å²) in [6.07, 6.45) is 0.839. The second-order valence-electron chi connectivity index (χ2n) is 3.90. The predicted molar refractivity (Wildman–Crippen MR) is 71.2 cm³/mol. The number of hydrazone groups is 1. The maximum Gasteiger partial charge on any atom is 0.259 e. The topological polar surface area (TPSA) is 53.5 Å². The summed E-state index contributed by atoms with van der Waals surface area (Å²) >= 11 is 0. The Labute approximate surface area is 102 Å². The van der Waals surface area contributed by atoms with Crippen molar-refractivity contribution in [3.8, 4) is 0 Å². The van der Waals surface area contributed by atoms with Gasteiger partial charge in [-0.25, -0.2) is 5.43 Å². The maximum atomic E-state index is 11.5. The Morgan fingerprint density at radius 3 is 2.71 bits per heavy atom. The first-order valence-electron chi connectivity index (χ1n) is 5.75. The summed E-state index contributed by atoms with van der Waals surface area (Å²) in [4.78, 5) is 11.5. The molecule has 0 aromatic heterocycles. The van der Waals surface area contributed by atoms with E-state index in [4.69, 9.17) is 0 Å². The lowest BCUT2D eigenvalue weighted by molar-refractivity contribution is -0.119. The summed E-state index contributed by atoms with van der Waals surface area (Å²) in [6, 6.07) is 7.85. The molecule has 0 bridgehead atoms. The van der Waals surface area contributed by atoms with Gasteiger partial charge in [0.15, 0.2) is 0 Å². The predicted octanol–water partition coefficient (Wildman–Crippen LogP) is 2.31. The van der Waals surface area contributed by atoms with Gasteiger partial charge in [0.2, 0.25) is 0 Å². The van der Waals surface area contributed by atoms with E-state index in [-0.39, 0.29) is 12.5 Å². The van der Waals surface area contributed by atoms with Crippen LogP contribution in [0.15, 0.2) is 29.4 Å². The third kappa shape index (κ3) is 4.68. The van der Waals surface area contributed by atoms with Crippen molar-refractivity contribution < 1.29 is 4.79 Å². The Morgan fingerprint density at radius 2 is 2.06 bits per heavy atom. The molecule has 0 radical (unpaired) electrons. The van der Waals surface area contributed by atoms with Crippen LogP contribution in [0.3, 0.4) is 0 Å². The first kappa shape index (κ1) is 13.2. The minimum Gasteiger partial charge on any atom is -0.376 e. The van der Waals surface area contributed by atoms with Crippen LogP contribution in [0.1, 0.15) is 25.8 Å². The van der Waals surface area contributed by atoms with Crippen LogP contribution < -0.4 is 10.7 Å². The molecule has 0 aliphatic heterocycles. The number of carbonyl (C=O) groups is 1. The van der Waals surface area contributed by atoms with Crippen molar-refractivity contribution in [1.82, 2.24) is 5.43 Å². The van der Waals surface area contributed by atoms with Gasteiger partial charge in [-0.05, 0) is 31.9 Å². The van der Waals surface area contributed by atoms with Crippen LogP contribution in [0.5, 0.6) is 0 Å². The smallest absolute Gasteiger partial charge is 0.259 e. The molecule has 0 heterocycles. The van der Waals surface area contributed by atoms with Crippen molar-refractivity contribution >= 4 is 17.3 Å². The summed E-state index contributed by atoms with van der Waals surface area (Å²) in [6.45, 7) is 6.11. The normalized spacial score (nSPS) is 11.1. The molecule has 0 saturated carbocycles. The highest BCUT2D eigenvalue weighted by atomic mass is 16.2. The molecule has 0 saturated heterocycles. The summed E-state index contributed by atoms with van der Waals surface area (Å²) in [5.74, 6) is -0.138. The first-order chi connectivity index (χ1) is 8.13. The van der Waals surface area contributed by atoms with Crippen LogP contribution in [0.2, 0.25) is 0 Å². The van der Waals surface area contributed by atoms with Crippen molar-refractivity contribution in [2.45, 2.75) is 27.2 Å². The monoisotopic (exact) mass is 233 g/mol. The molecule has 92 valence electrons. The molecule has 4 nitrogen and oxygen atoms in total. The molecule has 2 N–H and O–H groups in total. The standard InChI is InChI=1S/C13H19N3O/c1-4-11(3)15-16-13(17)9-14-12-8-6-5-7-10(12)2/h5-8,14H,4,9H2,1-3H3,(H,16,17)/b15-11-.